The summed E-state index contributed by atoms with van der Waals surface area (Å²) in [5.74, 6) is -1.47. The minimum Gasteiger partial charge on any atom is -0.507 e. The lowest BCUT2D eigenvalue weighted by Gasteiger charge is -2.26. The number of anilines is 1. The Hall–Kier alpha value is -4.46. The van der Waals surface area contributed by atoms with Gasteiger partial charge in [-0.25, -0.2) is 0 Å². The summed E-state index contributed by atoms with van der Waals surface area (Å²) < 4.78 is 5.83. The van der Waals surface area contributed by atoms with Gasteiger partial charge in [0, 0.05) is 23.4 Å². The van der Waals surface area contributed by atoms with E-state index in [0.29, 0.717) is 17.0 Å². The molecule has 8 nitrogen and oxygen atoms in total. The van der Waals surface area contributed by atoms with Gasteiger partial charge in [-0.2, -0.15) is 0 Å². The fourth-order valence-electron chi connectivity index (χ4n) is 4.22. The Bertz CT molecular complexity index is 1390. The van der Waals surface area contributed by atoms with Crippen LogP contribution in [0.5, 0.6) is 5.75 Å². The second-order valence-electron chi connectivity index (χ2n) is 8.98. The van der Waals surface area contributed by atoms with Crippen LogP contribution in [0.1, 0.15) is 42.1 Å². The van der Waals surface area contributed by atoms with Gasteiger partial charge in [-0.15, -0.1) is 0 Å². The predicted octanol–water partition coefficient (Wildman–Crippen LogP) is 5.63. The lowest BCUT2D eigenvalue weighted by Crippen LogP contribution is -2.29. The monoisotopic (exact) mass is 486 g/mol. The Labute approximate surface area is 208 Å². The maximum atomic E-state index is 13.3. The summed E-state index contributed by atoms with van der Waals surface area (Å²) in [5.41, 5.74) is 3.01. The Morgan fingerprint density at radius 2 is 1.69 bits per heavy atom. The van der Waals surface area contributed by atoms with Gasteiger partial charge in [0.05, 0.1) is 22.6 Å². The van der Waals surface area contributed by atoms with Crippen LogP contribution >= 0.6 is 0 Å². The molecule has 1 aliphatic heterocycles. The van der Waals surface area contributed by atoms with E-state index in [-0.39, 0.29) is 22.9 Å². The molecule has 3 aromatic rings. The third-order valence-electron chi connectivity index (χ3n) is 6.11. The number of ketones is 1. The molecule has 0 aromatic heterocycles. The topological polar surface area (TPSA) is 110 Å². The molecule has 0 saturated carbocycles. The van der Waals surface area contributed by atoms with Crippen molar-refractivity contribution in [2.24, 2.45) is 0 Å². The van der Waals surface area contributed by atoms with Gasteiger partial charge in [0.15, 0.2) is 0 Å². The Kier molecular flexibility index (Phi) is 6.61. The number of nitrogens with zero attached hydrogens (tertiary/aromatic N) is 2. The molecule has 1 amide bonds. The smallest absolute Gasteiger partial charge is 0.300 e. The van der Waals surface area contributed by atoms with Crippen LogP contribution in [-0.2, 0) is 9.59 Å². The standard InChI is InChI=1S/C28H26N2O6/c1-16(2)36-23-7-5-6-20(15-23)25-24(26(31)19-9-12-21(13-10-19)30(34)35)27(32)28(33)29(25)22-11-8-17(3)18(4)14-22/h5-16,25,31H,1-4H3/b26-24+. The van der Waals surface area contributed by atoms with E-state index in [9.17, 15) is 24.8 Å². The van der Waals surface area contributed by atoms with Gasteiger partial charge in [-0.3, -0.25) is 24.6 Å². The normalized spacial score (nSPS) is 17.0. The van der Waals surface area contributed by atoms with E-state index < -0.39 is 28.4 Å². The van der Waals surface area contributed by atoms with E-state index in [0.717, 1.165) is 11.1 Å². The van der Waals surface area contributed by atoms with E-state index in [1.165, 1.54) is 29.2 Å². The second-order valence-corrected chi connectivity index (χ2v) is 8.98. The maximum Gasteiger partial charge on any atom is 0.300 e. The summed E-state index contributed by atoms with van der Waals surface area (Å²) in [6.45, 7) is 7.65. The van der Waals surface area contributed by atoms with Gasteiger partial charge in [0.1, 0.15) is 11.5 Å². The first-order valence-corrected chi connectivity index (χ1v) is 11.5. The van der Waals surface area contributed by atoms with Crippen LogP contribution in [0.3, 0.4) is 0 Å². The number of carbonyl (C=O) groups is 2. The van der Waals surface area contributed by atoms with Crippen molar-refractivity contribution in [1.29, 1.82) is 0 Å². The van der Waals surface area contributed by atoms with Crippen LogP contribution in [0.4, 0.5) is 11.4 Å². The van der Waals surface area contributed by atoms with E-state index in [1.54, 1.807) is 30.3 Å². The first-order valence-electron chi connectivity index (χ1n) is 11.5. The number of amides is 1. The van der Waals surface area contributed by atoms with Crippen LogP contribution < -0.4 is 9.64 Å². The third kappa shape index (κ3) is 4.57. The fraction of sp³-hybridized carbons (Fsp3) is 0.214. The lowest BCUT2D eigenvalue weighted by molar-refractivity contribution is -0.384. The Morgan fingerprint density at radius 1 is 1.00 bits per heavy atom. The summed E-state index contributed by atoms with van der Waals surface area (Å²) in [6, 6.07) is 16.8. The van der Waals surface area contributed by atoms with E-state index in [1.807, 2.05) is 39.8 Å². The number of Topliss-reactive ketones (excluding diaryl/α,β-unsaturated/α-hetero) is 1. The molecule has 1 unspecified atom stereocenters. The van der Waals surface area contributed by atoms with Gasteiger partial charge >= 0.3 is 0 Å². The lowest BCUT2D eigenvalue weighted by atomic mass is 9.94. The summed E-state index contributed by atoms with van der Waals surface area (Å²) in [6.07, 6.45) is -0.0912. The van der Waals surface area contributed by atoms with Crippen molar-refractivity contribution in [1.82, 2.24) is 0 Å². The van der Waals surface area contributed by atoms with Crippen LogP contribution in [0.2, 0.25) is 0 Å². The molecule has 1 saturated heterocycles. The average Bonchev–Trinajstić information content (AvgIpc) is 3.10. The first kappa shape index (κ1) is 24.7. The summed E-state index contributed by atoms with van der Waals surface area (Å²) >= 11 is 0. The Balaban J connectivity index is 1.92. The number of aryl methyl sites for hydroxylation is 2. The third-order valence-corrected chi connectivity index (χ3v) is 6.11. The van der Waals surface area contributed by atoms with Crippen molar-refractivity contribution in [2.45, 2.75) is 39.8 Å². The molecule has 3 aromatic carbocycles. The van der Waals surface area contributed by atoms with Crippen LogP contribution in [0.15, 0.2) is 72.3 Å². The number of non-ortho nitro benzene ring substituents is 1. The molecule has 8 heteroatoms. The van der Waals surface area contributed by atoms with E-state index in [2.05, 4.69) is 0 Å². The highest BCUT2D eigenvalue weighted by atomic mass is 16.6. The number of aliphatic hydroxyl groups excluding tert-OH is 1. The van der Waals surface area contributed by atoms with E-state index in [4.69, 9.17) is 4.74 Å². The molecular weight excluding hydrogens is 460 g/mol. The van der Waals surface area contributed by atoms with Gasteiger partial charge in [-0.1, -0.05) is 18.2 Å². The van der Waals surface area contributed by atoms with Gasteiger partial charge < -0.3 is 9.84 Å². The quantitative estimate of drug-likeness (QED) is 0.159. The highest BCUT2D eigenvalue weighted by molar-refractivity contribution is 6.51. The van der Waals surface area contributed by atoms with Crippen LogP contribution in [0, 0.1) is 24.0 Å². The zero-order chi connectivity index (χ0) is 26.1. The average molecular weight is 487 g/mol. The number of hydrogen-bond donors (Lipinski definition) is 1. The molecule has 1 N–H and O–H groups in total. The minimum absolute atomic E-state index is 0.0912. The molecule has 4 rings (SSSR count). The number of rotatable bonds is 6. The number of benzene rings is 3. The SMILES string of the molecule is Cc1ccc(N2C(=O)C(=O)/C(=C(/O)c3ccc([N+](=O)[O-])cc3)C2c2cccc(OC(C)C)c2)cc1C. The second kappa shape index (κ2) is 9.65. The maximum absolute atomic E-state index is 13.3. The molecule has 1 fully saturated rings. The number of aliphatic hydroxyl groups is 1. The molecule has 0 spiro atoms. The highest BCUT2D eigenvalue weighted by Crippen LogP contribution is 2.43. The highest BCUT2D eigenvalue weighted by Gasteiger charge is 2.47. The zero-order valence-electron chi connectivity index (χ0n) is 20.4. The van der Waals surface area contributed by atoms with Crippen molar-refractivity contribution in [3.8, 4) is 5.75 Å². The Morgan fingerprint density at radius 3 is 2.31 bits per heavy atom. The molecule has 0 radical (unpaired) electrons. The predicted molar refractivity (Wildman–Crippen MR) is 136 cm³/mol. The van der Waals surface area contributed by atoms with Crippen LogP contribution in [0.25, 0.3) is 5.76 Å². The van der Waals surface area contributed by atoms with Crippen molar-refractivity contribution < 1.29 is 24.4 Å². The molecule has 184 valence electrons. The molecule has 1 heterocycles. The number of hydrogen-bond acceptors (Lipinski definition) is 6. The number of carbonyl (C=O) groups excluding carboxylic acids is 2. The van der Waals surface area contributed by atoms with Crippen molar-refractivity contribution in [3.63, 3.8) is 0 Å². The minimum atomic E-state index is -0.932. The van der Waals surface area contributed by atoms with Crippen molar-refractivity contribution >= 4 is 28.8 Å². The first-order chi connectivity index (χ1) is 17.1. The molecule has 1 aliphatic rings. The van der Waals surface area contributed by atoms with Gasteiger partial charge in [0.2, 0.25) is 0 Å². The number of ether oxygens (including phenoxy) is 1. The summed E-state index contributed by atoms with van der Waals surface area (Å²) in [4.78, 5) is 38.5. The van der Waals surface area contributed by atoms with Crippen molar-refractivity contribution in [2.75, 3.05) is 4.90 Å². The summed E-state index contributed by atoms with van der Waals surface area (Å²) in [5, 5.41) is 22.3. The fourth-order valence-corrected chi connectivity index (χ4v) is 4.22. The van der Waals surface area contributed by atoms with Gasteiger partial charge in [0.25, 0.3) is 17.4 Å². The molecule has 1 atom stereocenters. The largest absolute Gasteiger partial charge is 0.507 e. The zero-order valence-corrected chi connectivity index (χ0v) is 20.4. The van der Waals surface area contributed by atoms with Crippen molar-refractivity contribution in [3.05, 3.63) is 105 Å². The van der Waals surface area contributed by atoms with E-state index >= 15 is 0 Å². The molecule has 0 aliphatic carbocycles. The molecule has 0 bridgehead atoms. The number of nitro groups is 1. The van der Waals surface area contributed by atoms with Crippen LogP contribution in [-0.4, -0.2) is 27.8 Å². The van der Waals surface area contributed by atoms with Gasteiger partial charge in [-0.05, 0) is 80.8 Å². The number of nitro benzene ring substituents is 1. The summed E-state index contributed by atoms with van der Waals surface area (Å²) in [7, 11) is 0. The molecular formula is C28H26N2O6. The molecule has 36 heavy (non-hydrogen) atoms.